The van der Waals surface area contributed by atoms with Crippen molar-refractivity contribution in [2.75, 3.05) is 5.32 Å². The SMILES string of the molecule is N#CC(C#N)=CNc1ccc(Cl)cc1C#N. The van der Waals surface area contributed by atoms with Crippen LogP contribution in [0.5, 0.6) is 0 Å². The fraction of sp³-hybridized carbons (Fsp3) is 0. The summed E-state index contributed by atoms with van der Waals surface area (Å²) in [5.41, 5.74) is 0.771. The molecule has 0 aromatic heterocycles. The summed E-state index contributed by atoms with van der Waals surface area (Å²) in [6.45, 7) is 0. The van der Waals surface area contributed by atoms with E-state index in [9.17, 15) is 0 Å². The fourth-order valence-corrected chi connectivity index (χ4v) is 1.15. The lowest BCUT2D eigenvalue weighted by molar-refractivity contribution is 1.43. The van der Waals surface area contributed by atoms with Gasteiger partial charge in [0.2, 0.25) is 0 Å². The highest BCUT2D eigenvalue weighted by Crippen LogP contribution is 2.19. The van der Waals surface area contributed by atoms with Crippen LogP contribution in [0.25, 0.3) is 0 Å². The van der Waals surface area contributed by atoms with Crippen molar-refractivity contribution >= 4 is 17.3 Å². The average Bonchev–Trinajstić information content (AvgIpc) is 2.31. The van der Waals surface area contributed by atoms with Crippen LogP contribution in [0.2, 0.25) is 5.02 Å². The second-order valence-corrected chi connectivity index (χ2v) is 3.16. The smallest absolute Gasteiger partial charge is 0.145 e. The van der Waals surface area contributed by atoms with Gasteiger partial charge in [0, 0.05) is 11.2 Å². The number of anilines is 1. The quantitative estimate of drug-likeness (QED) is 0.789. The van der Waals surface area contributed by atoms with Crippen LogP contribution in [0, 0.1) is 34.0 Å². The van der Waals surface area contributed by atoms with Crippen molar-refractivity contribution in [3.8, 4) is 18.2 Å². The molecule has 16 heavy (non-hydrogen) atoms. The maximum Gasteiger partial charge on any atom is 0.145 e. The first-order valence-corrected chi connectivity index (χ1v) is 4.55. The fourth-order valence-electron chi connectivity index (χ4n) is 0.974. The lowest BCUT2D eigenvalue weighted by Gasteiger charge is -2.03. The normalized spacial score (nSPS) is 8.12. The Morgan fingerprint density at radius 3 is 2.50 bits per heavy atom. The highest BCUT2D eigenvalue weighted by Gasteiger charge is 2.01. The zero-order valence-electron chi connectivity index (χ0n) is 8.03. The standard InChI is InChI=1S/C11H5ClN4/c12-10-1-2-11(9(3-10)6-15)16-7-8(4-13)5-14/h1-3,7,16H. The number of nitriles is 3. The van der Waals surface area contributed by atoms with Gasteiger partial charge in [0.25, 0.3) is 0 Å². The van der Waals surface area contributed by atoms with Gasteiger partial charge in [-0.15, -0.1) is 0 Å². The molecular weight excluding hydrogens is 224 g/mol. The van der Waals surface area contributed by atoms with Gasteiger partial charge in [-0.3, -0.25) is 0 Å². The second-order valence-electron chi connectivity index (χ2n) is 2.73. The van der Waals surface area contributed by atoms with E-state index in [-0.39, 0.29) is 5.57 Å². The molecule has 0 amide bonds. The largest absolute Gasteiger partial charge is 0.359 e. The Kier molecular flexibility index (Phi) is 3.92. The minimum Gasteiger partial charge on any atom is -0.359 e. The molecule has 0 heterocycles. The summed E-state index contributed by atoms with van der Waals surface area (Å²) in [6, 6.07) is 10.1. The molecular formula is C11H5ClN4. The van der Waals surface area contributed by atoms with E-state index in [2.05, 4.69) is 5.32 Å². The number of hydrogen-bond acceptors (Lipinski definition) is 4. The van der Waals surface area contributed by atoms with Crippen LogP contribution in [0.1, 0.15) is 5.56 Å². The summed E-state index contributed by atoms with van der Waals surface area (Å²) in [5, 5.41) is 29.0. The van der Waals surface area contributed by atoms with E-state index in [0.717, 1.165) is 0 Å². The molecule has 0 saturated carbocycles. The third-order valence-electron chi connectivity index (χ3n) is 1.71. The summed E-state index contributed by atoms with van der Waals surface area (Å²) in [5.74, 6) is 0. The van der Waals surface area contributed by atoms with Gasteiger partial charge in [-0.1, -0.05) is 11.6 Å². The lowest BCUT2D eigenvalue weighted by atomic mass is 10.2. The predicted molar refractivity (Wildman–Crippen MR) is 59.1 cm³/mol. The molecule has 5 heteroatoms. The van der Waals surface area contributed by atoms with Gasteiger partial charge < -0.3 is 5.32 Å². The minimum absolute atomic E-state index is 0.0705. The zero-order valence-corrected chi connectivity index (χ0v) is 8.78. The first kappa shape index (κ1) is 11.6. The van der Waals surface area contributed by atoms with Crippen LogP contribution in [0.15, 0.2) is 30.0 Å². The van der Waals surface area contributed by atoms with Crippen LogP contribution in [-0.2, 0) is 0 Å². The molecule has 0 aliphatic heterocycles. The van der Waals surface area contributed by atoms with Gasteiger partial charge in [0.05, 0.1) is 11.3 Å². The van der Waals surface area contributed by atoms with E-state index in [0.29, 0.717) is 16.3 Å². The summed E-state index contributed by atoms with van der Waals surface area (Å²) in [4.78, 5) is 0. The Morgan fingerprint density at radius 1 is 1.25 bits per heavy atom. The van der Waals surface area contributed by atoms with Crippen molar-refractivity contribution in [1.82, 2.24) is 0 Å². The van der Waals surface area contributed by atoms with Gasteiger partial charge in [0.15, 0.2) is 0 Å². The summed E-state index contributed by atoms with van der Waals surface area (Å²) >= 11 is 5.71. The molecule has 1 rings (SSSR count). The molecule has 0 aliphatic carbocycles. The summed E-state index contributed by atoms with van der Waals surface area (Å²) in [6.07, 6.45) is 1.24. The van der Waals surface area contributed by atoms with Crippen molar-refractivity contribution in [3.63, 3.8) is 0 Å². The molecule has 0 atom stereocenters. The molecule has 0 saturated heterocycles. The molecule has 0 spiro atoms. The summed E-state index contributed by atoms with van der Waals surface area (Å²) < 4.78 is 0. The maximum atomic E-state index is 8.82. The van der Waals surface area contributed by atoms with Crippen molar-refractivity contribution in [3.05, 3.63) is 40.6 Å². The lowest BCUT2D eigenvalue weighted by Crippen LogP contribution is -1.93. The minimum atomic E-state index is -0.0705. The molecule has 76 valence electrons. The monoisotopic (exact) mass is 228 g/mol. The van der Waals surface area contributed by atoms with Crippen LogP contribution in [0.4, 0.5) is 5.69 Å². The molecule has 0 unspecified atom stereocenters. The van der Waals surface area contributed by atoms with E-state index in [1.807, 2.05) is 6.07 Å². The molecule has 1 aromatic carbocycles. The molecule has 0 fully saturated rings. The predicted octanol–water partition coefficient (Wildman–Crippen LogP) is 2.55. The van der Waals surface area contributed by atoms with E-state index in [1.165, 1.54) is 12.3 Å². The van der Waals surface area contributed by atoms with Gasteiger partial charge in [-0.05, 0) is 18.2 Å². The molecule has 1 N–H and O–H groups in total. The Labute approximate surface area is 97.6 Å². The Balaban J connectivity index is 3.01. The highest BCUT2D eigenvalue weighted by molar-refractivity contribution is 6.30. The third kappa shape index (κ3) is 2.75. The zero-order chi connectivity index (χ0) is 12.0. The number of halogens is 1. The first-order valence-electron chi connectivity index (χ1n) is 4.18. The van der Waals surface area contributed by atoms with Crippen LogP contribution in [-0.4, -0.2) is 0 Å². The third-order valence-corrected chi connectivity index (χ3v) is 1.95. The summed E-state index contributed by atoms with van der Waals surface area (Å²) in [7, 11) is 0. The molecule has 0 radical (unpaired) electrons. The van der Waals surface area contributed by atoms with Crippen molar-refractivity contribution in [2.45, 2.75) is 0 Å². The van der Waals surface area contributed by atoms with Gasteiger partial charge >= 0.3 is 0 Å². The van der Waals surface area contributed by atoms with Crippen LogP contribution < -0.4 is 5.32 Å². The average molecular weight is 229 g/mol. The van der Waals surface area contributed by atoms with Gasteiger partial charge in [0.1, 0.15) is 23.8 Å². The molecule has 4 nitrogen and oxygen atoms in total. The van der Waals surface area contributed by atoms with Crippen LogP contribution >= 0.6 is 11.6 Å². The Morgan fingerprint density at radius 2 is 1.94 bits per heavy atom. The van der Waals surface area contributed by atoms with Crippen LogP contribution in [0.3, 0.4) is 0 Å². The van der Waals surface area contributed by atoms with E-state index < -0.39 is 0 Å². The Hall–Kier alpha value is -2.48. The molecule has 0 bridgehead atoms. The number of hydrogen-bond donors (Lipinski definition) is 1. The van der Waals surface area contributed by atoms with E-state index in [1.54, 1.807) is 24.3 Å². The van der Waals surface area contributed by atoms with Crippen molar-refractivity contribution in [1.29, 1.82) is 15.8 Å². The van der Waals surface area contributed by atoms with Gasteiger partial charge in [-0.2, -0.15) is 15.8 Å². The van der Waals surface area contributed by atoms with Crippen molar-refractivity contribution in [2.24, 2.45) is 0 Å². The highest BCUT2D eigenvalue weighted by atomic mass is 35.5. The first-order chi connectivity index (χ1) is 7.71. The number of benzene rings is 1. The molecule has 1 aromatic rings. The number of nitrogens with one attached hydrogen (secondary N) is 1. The van der Waals surface area contributed by atoms with E-state index in [4.69, 9.17) is 27.4 Å². The number of allylic oxidation sites excluding steroid dienone is 1. The number of rotatable bonds is 2. The van der Waals surface area contributed by atoms with E-state index >= 15 is 0 Å². The number of nitrogens with zero attached hydrogens (tertiary/aromatic N) is 3. The Bertz CT molecular complexity index is 539. The van der Waals surface area contributed by atoms with Crippen molar-refractivity contribution < 1.29 is 0 Å². The second kappa shape index (κ2) is 5.41. The van der Waals surface area contributed by atoms with Gasteiger partial charge in [-0.25, -0.2) is 0 Å². The molecule has 0 aliphatic rings. The topological polar surface area (TPSA) is 83.4 Å². The maximum absolute atomic E-state index is 8.82.